The number of hydrogen-bond acceptors (Lipinski definition) is 3. The van der Waals surface area contributed by atoms with Gasteiger partial charge in [0.05, 0.1) is 30.0 Å². The molecular weight excluding hydrogens is 224 g/mol. The van der Waals surface area contributed by atoms with Crippen molar-refractivity contribution in [2.75, 3.05) is 7.11 Å². The largest absolute Gasteiger partial charge is 0.497 e. The Morgan fingerprint density at radius 1 is 0.944 bits per heavy atom. The van der Waals surface area contributed by atoms with Gasteiger partial charge >= 0.3 is 0 Å². The lowest BCUT2D eigenvalue weighted by Crippen LogP contribution is -1.90. The molecule has 0 saturated heterocycles. The van der Waals surface area contributed by atoms with Gasteiger partial charge in [0.2, 0.25) is 0 Å². The van der Waals surface area contributed by atoms with Crippen LogP contribution < -0.4 is 4.74 Å². The van der Waals surface area contributed by atoms with E-state index in [1.165, 1.54) is 0 Å². The highest BCUT2D eigenvalue weighted by Gasteiger charge is 2.03. The molecule has 1 aromatic heterocycles. The van der Waals surface area contributed by atoms with Gasteiger partial charge in [0.1, 0.15) is 5.75 Å². The van der Waals surface area contributed by atoms with Crippen molar-refractivity contribution in [1.82, 2.24) is 9.97 Å². The third-order valence-electron chi connectivity index (χ3n) is 2.82. The number of fused-ring (bicyclic) bond motifs is 1. The molecule has 0 aliphatic rings. The fraction of sp³-hybridized carbons (Fsp3) is 0.0667. The van der Waals surface area contributed by atoms with Crippen LogP contribution in [0.3, 0.4) is 0 Å². The standard InChI is InChI=1S/C15H12N2O/c1-18-12-7-8-13-14(9-12)17-15(10-16-13)11-5-3-2-4-6-11/h2-10H,1H3. The molecule has 0 spiro atoms. The normalized spacial score (nSPS) is 10.5. The molecular formula is C15H12N2O. The molecule has 0 N–H and O–H groups in total. The van der Waals surface area contributed by atoms with Gasteiger partial charge in [-0.25, -0.2) is 4.98 Å². The summed E-state index contributed by atoms with van der Waals surface area (Å²) in [6.07, 6.45) is 1.80. The van der Waals surface area contributed by atoms with Crippen molar-refractivity contribution >= 4 is 11.0 Å². The summed E-state index contributed by atoms with van der Waals surface area (Å²) in [5, 5.41) is 0. The average molecular weight is 236 g/mol. The van der Waals surface area contributed by atoms with Gasteiger partial charge in [-0.15, -0.1) is 0 Å². The van der Waals surface area contributed by atoms with Gasteiger partial charge in [-0.05, 0) is 12.1 Å². The average Bonchev–Trinajstić information content (AvgIpc) is 2.47. The number of hydrogen-bond donors (Lipinski definition) is 0. The zero-order valence-corrected chi connectivity index (χ0v) is 10.00. The summed E-state index contributed by atoms with van der Waals surface area (Å²) in [5.41, 5.74) is 3.65. The fourth-order valence-corrected chi connectivity index (χ4v) is 1.87. The summed E-state index contributed by atoms with van der Waals surface area (Å²) in [4.78, 5) is 9.03. The van der Waals surface area contributed by atoms with E-state index in [9.17, 15) is 0 Å². The second-order valence-electron chi connectivity index (χ2n) is 3.98. The van der Waals surface area contributed by atoms with Crippen LogP contribution in [0.2, 0.25) is 0 Å². The van der Waals surface area contributed by atoms with Crippen molar-refractivity contribution in [2.45, 2.75) is 0 Å². The molecule has 3 heteroatoms. The van der Waals surface area contributed by atoms with E-state index in [2.05, 4.69) is 9.97 Å². The highest BCUT2D eigenvalue weighted by atomic mass is 16.5. The molecule has 0 radical (unpaired) electrons. The van der Waals surface area contributed by atoms with Crippen LogP contribution in [0.15, 0.2) is 54.7 Å². The Bertz CT molecular complexity index is 680. The van der Waals surface area contributed by atoms with Gasteiger partial charge in [-0.3, -0.25) is 4.98 Å². The van der Waals surface area contributed by atoms with Crippen LogP contribution >= 0.6 is 0 Å². The van der Waals surface area contributed by atoms with E-state index < -0.39 is 0 Å². The van der Waals surface area contributed by atoms with Gasteiger partial charge < -0.3 is 4.74 Å². The first kappa shape index (κ1) is 10.7. The maximum absolute atomic E-state index is 5.20. The molecule has 2 aromatic carbocycles. The number of methoxy groups -OCH3 is 1. The molecule has 88 valence electrons. The summed E-state index contributed by atoms with van der Waals surface area (Å²) < 4.78 is 5.20. The Kier molecular flexibility index (Phi) is 2.65. The zero-order chi connectivity index (χ0) is 12.4. The van der Waals surface area contributed by atoms with Gasteiger partial charge in [-0.2, -0.15) is 0 Å². The van der Waals surface area contributed by atoms with Crippen molar-refractivity contribution in [2.24, 2.45) is 0 Å². The SMILES string of the molecule is COc1ccc2ncc(-c3ccccc3)nc2c1. The Hall–Kier alpha value is -2.42. The van der Waals surface area contributed by atoms with Crippen LogP contribution in [0, 0.1) is 0 Å². The molecule has 18 heavy (non-hydrogen) atoms. The van der Waals surface area contributed by atoms with E-state index in [-0.39, 0.29) is 0 Å². The first-order valence-electron chi connectivity index (χ1n) is 5.73. The maximum Gasteiger partial charge on any atom is 0.121 e. The predicted molar refractivity (Wildman–Crippen MR) is 71.5 cm³/mol. The molecule has 0 amide bonds. The molecule has 0 atom stereocenters. The van der Waals surface area contributed by atoms with Crippen LogP contribution in [0.1, 0.15) is 0 Å². The smallest absolute Gasteiger partial charge is 0.121 e. The Labute approximate surface area is 105 Å². The Morgan fingerprint density at radius 3 is 2.56 bits per heavy atom. The quantitative estimate of drug-likeness (QED) is 0.684. The van der Waals surface area contributed by atoms with Gasteiger partial charge in [0, 0.05) is 11.6 Å². The third-order valence-corrected chi connectivity index (χ3v) is 2.82. The second-order valence-corrected chi connectivity index (χ2v) is 3.98. The molecule has 3 rings (SSSR count). The Morgan fingerprint density at radius 2 is 1.78 bits per heavy atom. The first-order chi connectivity index (χ1) is 8.86. The molecule has 0 saturated carbocycles. The molecule has 0 bridgehead atoms. The Balaban J connectivity index is 2.15. The van der Waals surface area contributed by atoms with Gasteiger partial charge in [0.25, 0.3) is 0 Å². The minimum atomic E-state index is 0.794. The van der Waals surface area contributed by atoms with E-state index in [0.29, 0.717) is 0 Å². The van der Waals surface area contributed by atoms with Crippen LogP contribution in [0.25, 0.3) is 22.3 Å². The van der Waals surface area contributed by atoms with Crippen LogP contribution in [-0.4, -0.2) is 17.1 Å². The summed E-state index contributed by atoms with van der Waals surface area (Å²) in [6, 6.07) is 15.7. The van der Waals surface area contributed by atoms with Crippen molar-refractivity contribution in [1.29, 1.82) is 0 Å². The summed E-state index contributed by atoms with van der Waals surface area (Å²) in [7, 11) is 1.65. The van der Waals surface area contributed by atoms with Crippen molar-refractivity contribution < 1.29 is 4.74 Å². The number of rotatable bonds is 2. The van der Waals surface area contributed by atoms with Crippen LogP contribution in [-0.2, 0) is 0 Å². The molecule has 1 heterocycles. The fourth-order valence-electron chi connectivity index (χ4n) is 1.87. The number of nitrogens with zero attached hydrogens (tertiary/aromatic N) is 2. The molecule has 0 unspecified atom stereocenters. The zero-order valence-electron chi connectivity index (χ0n) is 10.00. The summed E-state index contributed by atoms with van der Waals surface area (Å²) >= 11 is 0. The molecule has 0 aliphatic heterocycles. The summed E-state index contributed by atoms with van der Waals surface area (Å²) in [6.45, 7) is 0. The highest BCUT2D eigenvalue weighted by molar-refractivity contribution is 5.78. The molecule has 0 aliphatic carbocycles. The highest BCUT2D eigenvalue weighted by Crippen LogP contribution is 2.21. The lowest BCUT2D eigenvalue weighted by Gasteiger charge is -2.04. The molecule has 3 aromatic rings. The second kappa shape index (κ2) is 4.45. The monoisotopic (exact) mass is 236 g/mol. The maximum atomic E-state index is 5.20. The van der Waals surface area contributed by atoms with Crippen molar-refractivity contribution in [3.05, 3.63) is 54.7 Å². The van der Waals surface area contributed by atoms with Gasteiger partial charge in [0.15, 0.2) is 0 Å². The topological polar surface area (TPSA) is 35.0 Å². The van der Waals surface area contributed by atoms with Crippen molar-refractivity contribution in [3.63, 3.8) is 0 Å². The van der Waals surface area contributed by atoms with Crippen LogP contribution in [0.4, 0.5) is 0 Å². The van der Waals surface area contributed by atoms with E-state index in [4.69, 9.17) is 4.74 Å². The lowest BCUT2D eigenvalue weighted by atomic mass is 10.1. The summed E-state index contributed by atoms with van der Waals surface area (Å²) in [5.74, 6) is 0.794. The minimum absolute atomic E-state index is 0.794. The van der Waals surface area contributed by atoms with E-state index in [1.54, 1.807) is 13.3 Å². The lowest BCUT2D eigenvalue weighted by molar-refractivity contribution is 0.415. The van der Waals surface area contributed by atoms with E-state index in [1.807, 2.05) is 48.5 Å². The predicted octanol–water partition coefficient (Wildman–Crippen LogP) is 3.31. The van der Waals surface area contributed by atoms with Crippen LogP contribution in [0.5, 0.6) is 5.75 Å². The number of benzene rings is 2. The van der Waals surface area contributed by atoms with E-state index in [0.717, 1.165) is 28.0 Å². The number of ether oxygens (including phenoxy) is 1. The minimum Gasteiger partial charge on any atom is -0.497 e. The molecule has 3 nitrogen and oxygen atoms in total. The van der Waals surface area contributed by atoms with E-state index >= 15 is 0 Å². The van der Waals surface area contributed by atoms with Gasteiger partial charge in [-0.1, -0.05) is 30.3 Å². The van der Waals surface area contributed by atoms with Crippen molar-refractivity contribution in [3.8, 4) is 17.0 Å². The first-order valence-corrected chi connectivity index (χ1v) is 5.73. The molecule has 0 fully saturated rings. The third kappa shape index (κ3) is 1.91. The number of aromatic nitrogens is 2.